The van der Waals surface area contributed by atoms with E-state index in [1.54, 1.807) is 0 Å². The lowest BCUT2D eigenvalue weighted by Crippen LogP contribution is -2.36. The Morgan fingerprint density at radius 2 is 2.54 bits per heavy atom. The summed E-state index contributed by atoms with van der Waals surface area (Å²) in [5.41, 5.74) is 8.15. The molecule has 1 fully saturated rings. The molecule has 13 heavy (non-hydrogen) atoms. The number of rotatable bonds is 5. The van der Waals surface area contributed by atoms with Gasteiger partial charge in [-0.15, -0.1) is 0 Å². The second-order valence-electron chi connectivity index (χ2n) is 3.10. The Morgan fingerprint density at radius 1 is 1.69 bits per heavy atom. The Hall–Kier alpha value is -0.380. The Morgan fingerprint density at radius 3 is 3.08 bits per heavy atom. The van der Waals surface area contributed by atoms with Gasteiger partial charge in [-0.3, -0.25) is 4.90 Å². The summed E-state index contributed by atoms with van der Waals surface area (Å²) in [6.45, 7) is 4.74. The predicted octanol–water partition coefficient (Wildman–Crippen LogP) is 2.12. The van der Waals surface area contributed by atoms with Crippen molar-refractivity contribution in [1.29, 1.82) is 0 Å². The third-order valence-corrected chi connectivity index (χ3v) is 3.52. The summed E-state index contributed by atoms with van der Waals surface area (Å²) in [4.78, 5) is 5.17. The Balaban J connectivity index is 2.28. The number of thioether (sulfide) groups is 1. The van der Waals surface area contributed by atoms with Crippen LogP contribution in [0, 0.1) is 0 Å². The third kappa shape index (κ3) is 3.46. The van der Waals surface area contributed by atoms with Crippen LogP contribution < -0.4 is 0 Å². The maximum Gasteiger partial charge on any atom is 0.0385 e. The average Bonchev–Trinajstić information content (AvgIpc) is 2.65. The molecule has 0 bridgehead atoms. The summed E-state index contributed by atoms with van der Waals surface area (Å²) in [6, 6.07) is 0.712. The van der Waals surface area contributed by atoms with Gasteiger partial charge >= 0.3 is 0 Å². The molecule has 0 radical (unpaired) electrons. The molecule has 1 atom stereocenters. The van der Waals surface area contributed by atoms with E-state index in [0.717, 1.165) is 13.1 Å². The lowest BCUT2D eigenvalue weighted by Gasteiger charge is -2.25. The minimum atomic E-state index is 0.603. The quantitative estimate of drug-likeness (QED) is 0.388. The zero-order chi connectivity index (χ0) is 9.52. The van der Waals surface area contributed by atoms with E-state index in [-0.39, 0.29) is 0 Å². The van der Waals surface area contributed by atoms with Crippen molar-refractivity contribution in [3.8, 4) is 0 Å². The zero-order valence-electron chi connectivity index (χ0n) is 8.02. The fourth-order valence-corrected chi connectivity index (χ4v) is 2.88. The summed E-state index contributed by atoms with van der Waals surface area (Å²) < 4.78 is 0. The molecule has 0 aliphatic carbocycles. The molecular formula is C8H16N4S. The van der Waals surface area contributed by atoms with Crippen LogP contribution >= 0.6 is 11.8 Å². The minimum Gasteiger partial charge on any atom is -0.300 e. The van der Waals surface area contributed by atoms with Gasteiger partial charge in [0.2, 0.25) is 0 Å². The normalized spacial score (nSPS) is 21.8. The van der Waals surface area contributed by atoms with E-state index < -0.39 is 0 Å². The Bertz CT molecular complexity index is 185. The maximum atomic E-state index is 8.15. The molecule has 0 unspecified atom stereocenters. The predicted molar refractivity (Wildman–Crippen MR) is 57.0 cm³/mol. The molecule has 5 heteroatoms. The van der Waals surface area contributed by atoms with E-state index >= 15 is 0 Å². The molecule has 1 rings (SSSR count). The number of nitrogens with zero attached hydrogens (tertiary/aromatic N) is 4. The van der Waals surface area contributed by atoms with E-state index in [2.05, 4.69) is 21.8 Å². The van der Waals surface area contributed by atoms with Crippen LogP contribution in [0.5, 0.6) is 0 Å². The van der Waals surface area contributed by atoms with Gasteiger partial charge in [0.05, 0.1) is 0 Å². The van der Waals surface area contributed by atoms with Crippen LogP contribution in [0.15, 0.2) is 5.11 Å². The van der Waals surface area contributed by atoms with Gasteiger partial charge in [-0.2, -0.15) is 11.8 Å². The highest BCUT2D eigenvalue weighted by molar-refractivity contribution is 7.99. The van der Waals surface area contributed by atoms with Crippen molar-refractivity contribution >= 4 is 11.8 Å². The summed E-state index contributed by atoms with van der Waals surface area (Å²) in [5.74, 6) is 2.52. The SMILES string of the molecule is CCN(CCN=[N+]=[N-])[C@@H]1CCSC1. The molecule has 1 aliphatic heterocycles. The topological polar surface area (TPSA) is 52.0 Å². The first-order chi connectivity index (χ1) is 6.38. The molecule has 1 heterocycles. The van der Waals surface area contributed by atoms with Crippen LogP contribution in [-0.4, -0.2) is 42.1 Å². The fourth-order valence-electron chi connectivity index (χ4n) is 1.63. The second-order valence-corrected chi connectivity index (χ2v) is 4.25. The maximum absolute atomic E-state index is 8.15. The first-order valence-electron chi connectivity index (χ1n) is 4.71. The fraction of sp³-hybridized carbons (Fsp3) is 1.00. The Labute approximate surface area is 83.3 Å². The van der Waals surface area contributed by atoms with Crippen molar-refractivity contribution in [3.05, 3.63) is 10.4 Å². The van der Waals surface area contributed by atoms with Gasteiger partial charge in [0.25, 0.3) is 0 Å². The van der Waals surface area contributed by atoms with Gasteiger partial charge in [-0.25, -0.2) is 0 Å². The highest BCUT2D eigenvalue weighted by Crippen LogP contribution is 2.21. The summed E-state index contributed by atoms with van der Waals surface area (Å²) >= 11 is 2.02. The molecule has 0 aromatic rings. The second kappa shape index (κ2) is 6.13. The van der Waals surface area contributed by atoms with Crippen molar-refractivity contribution in [2.75, 3.05) is 31.1 Å². The van der Waals surface area contributed by atoms with Gasteiger partial charge < -0.3 is 0 Å². The molecular weight excluding hydrogens is 184 g/mol. The first kappa shape index (κ1) is 10.7. The Kier molecular flexibility index (Phi) is 5.05. The monoisotopic (exact) mass is 200 g/mol. The molecule has 0 aromatic heterocycles. The summed E-state index contributed by atoms with van der Waals surface area (Å²) in [5, 5.41) is 3.56. The molecule has 74 valence electrons. The number of hydrogen-bond donors (Lipinski definition) is 0. The molecule has 1 saturated heterocycles. The average molecular weight is 200 g/mol. The van der Waals surface area contributed by atoms with E-state index in [1.807, 2.05) is 11.8 Å². The molecule has 0 spiro atoms. The van der Waals surface area contributed by atoms with Crippen LogP contribution in [0.25, 0.3) is 10.4 Å². The van der Waals surface area contributed by atoms with Crippen molar-refractivity contribution in [2.45, 2.75) is 19.4 Å². The number of likely N-dealkylation sites (N-methyl/N-ethyl adjacent to an activating group) is 1. The van der Waals surface area contributed by atoms with Gasteiger partial charge in [-0.05, 0) is 24.2 Å². The summed E-state index contributed by atoms with van der Waals surface area (Å²) in [7, 11) is 0. The highest BCUT2D eigenvalue weighted by Gasteiger charge is 2.20. The number of hydrogen-bond acceptors (Lipinski definition) is 3. The van der Waals surface area contributed by atoms with E-state index in [9.17, 15) is 0 Å². The largest absolute Gasteiger partial charge is 0.300 e. The van der Waals surface area contributed by atoms with Crippen LogP contribution in [0.2, 0.25) is 0 Å². The minimum absolute atomic E-state index is 0.603. The molecule has 0 aromatic carbocycles. The molecule has 4 nitrogen and oxygen atoms in total. The zero-order valence-corrected chi connectivity index (χ0v) is 8.83. The molecule has 0 amide bonds. The smallest absolute Gasteiger partial charge is 0.0385 e. The molecule has 0 saturated carbocycles. The van der Waals surface area contributed by atoms with Crippen LogP contribution in [-0.2, 0) is 0 Å². The molecule has 1 aliphatic rings. The van der Waals surface area contributed by atoms with Crippen molar-refractivity contribution in [1.82, 2.24) is 4.90 Å². The van der Waals surface area contributed by atoms with Gasteiger partial charge in [-0.1, -0.05) is 12.0 Å². The molecule has 0 N–H and O–H groups in total. The van der Waals surface area contributed by atoms with E-state index in [4.69, 9.17) is 5.53 Å². The highest BCUT2D eigenvalue weighted by atomic mass is 32.2. The first-order valence-corrected chi connectivity index (χ1v) is 5.86. The standard InChI is InChI=1S/C8H16N4S/c1-2-12(5-4-10-11-9)8-3-6-13-7-8/h8H,2-7H2,1H3/t8-/m1/s1. The van der Waals surface area contributed by atoms with E-state index in [0.29, 0.717) is 12.6 Å². The van der Waals surface area contributed by atoms with Gasteiger partial charge in [0.15, 0.2) is 0 Å². The van der Waals surface area contributed by atoms with E-state index in [1.165, 1.54) is 17.9 Å². The lowest BCUT2D eigenvalue weighted by atomic mass is 10.2. The number of azide groups is 1. The van der Waals surface area contributed by atoms with Gasteiger partial charge in [0.1, 0.15) is 0 Å². The van der Waals surface area contributed by atoms with Crippen LogP contribution in [0.4, 0.5) is 0 Å². The van der Waals surface area contributed by atoms with Crippen molar-refractivity contribution in [2.24, 2.45) is 5.11 Å². The lowest BCUT2D eigenvalue weighted by molar-refractivity contribution is 0.230. The van der Waals surface area contributed by atoms with Crippen LogP contribution in [0.3, 0.4) is 0 Å². The third-order valence-electron chi connectivity index (χ3n) is 2.38. The van der Waals surface area contributed by atoms with Gasteiger partial charge in [0, 0.05) is 29.8 Å². The van der Waals surface area contributed by atoms with Crippen molar-refractivity contribution < 1.29 is 0 Å². The van der Waals surface area contributed by atoms with Crippen LogP contribution in [0.1, 0.15) is 13.3 Å². The summed E-state index contributed by atoms with van der Waals surface area (Å²) in [6.07, 6.45) is 1.29. The van der Waals surface area contributed by atoms with Crippen molar-refractivity contribution in [3.63, 3.8) is 0 Å².